The van der Waals surface area contributed by atoms with Gasteiger partial charge in [-0.15, -0.1) is 0 Å². The summed E-state index contributed by atoms with van der Waals surface area (Å²) in [6.07, 6.45) is 8.39. The fraction of sp³-hybridized carbons (Fsp3) is 0.923. The smallest absolute Gasteiger partial charge is 0.223 e. The van der Waals surface area contributed by atoms with E-state index < -0.39 is 0 Å². The van der Waals surface area contributed by atoms with Crippen molar-refractivity contribution < 1.29 is 4.79 Å². The van der Waals surface area contributed by atoms with Gasteiger partial charge in [0.2, 0.25) is 5.91 Å². The first kappa shape index (κ1) is 12.7. The van der Waals surface area contributed by atoms with Crippen LogP contribution in [0.3, 0.4) is 0 Å². The number of amides is 1. The Morgan fingerprint density at radius 3 is 2.50 bits per heavy atom. The maximum atomic E-state index is 12.1. The van der Waals surface area contributed by atoms with Crippen LogP contribution in [0.15, 0.2) is 0 Å². The first-order valence-electron chi connectivity index (χ1n) is 6.60. The fourth-order valence-electron chi connectivity index (χ4n) is 2.90. The van der Waals surface area contributed by atoms with Crippen LogP contribution in [0.25, 0.3) is 0 Å². The Labute approximate surface area is 112 Å². The molecule has 1 unspecified atom stereocenters. The molecule has 1 saturated carbocycles. The molecular weight excluding hydrogens is 313 g/mol. The summed E-state index contributed by atoms with van der Waals surface area (Å²) in [7, 11) is 0. The first-order chi connectivity index (χ1) is 7.66. The predicted octanol–water partition coefficient (Wildman–Crippen LogP) is 3.59. The van der Waals surface area contributed by atoms with Crippen LogP contribution in [-0.2, 0) is 4.79 Å². The van der Waals surface area contributed by atoms with Gasteiger partial charge in [-0.3, -0.25) is 4.79 Å². The molecule has 0 spiro atoms. The highest BCUT2D eigenvalue weighted by Gasteiger charge is 2.29. The Hall–Kier alpha value is 0.200. The summed E-state index contributed by atoms with van der Waals surface area (Å²) in [4.78, 5) is 14.2. The number of nitrogens with zero attached hydrogens (tertiary/aromatic N) is 1. The first-order valence-corrected chi connectivity index (χ1v) is 7.85. The van der Waals surface area contributed by atoms with E-state index in [-0.39, 0.29) is 0 Å². The summed E-state index contributed by atoms with van der Waals surface area (Å²) in [5, 5.41) is 0. The van der Waals surface area contributed by atoms with E-state index in [0.717, 1.165) is 18.9 Å². The van der Waals surface area contributed by atoms with Gasteiger partial charge >= 0.3 is 0 Å². The molecule has 1 amide bonds. The van der Waals surface area contributed by atoms with Gasteiger partial charge in [0.1, 0.15) is 0 Å². The minimum Gasteiger partial charge on any atom is -0.331 e. The summed E-state index contributed by atoms with van der Waals surface area (Å²) < 4.78 is 0.465. The van der Waals surface area contributed by atoms with E-state index >= 15 is 0 Å². The highest BCUT2D eigenvalue weighted by molar-refractivity contribution is 14.1. The lowest BCUT2D eigenvalue weighted by atomic mass is 9.81. The average molecular weight is 335 g/mol. The van der Waals surface area contributed by atoms with Crippen LogP contribution >= 0.6 is 22.6 Å². The van der Waals surface area contributed by atoms with Crippen LogP contribution in [0.4, 0.5) is 0 Å². The molecule has 16 heavy (non-hydrogen) atoms. The average Bonchev–Trinajstić information content (AvgIpc) is 2.68. The van der Waals surface area contributed by atoms with Crippen molar-refractivity contribution in [3.05, 3.63) is 0 Å². The molecule has 0 bridgehead atoms. The number of carbonyl (C=O) groups is 1. The molecule has 1 heterocycles. The standard InChI is InChI=1S/C13H22INO/c1-10-4-6-11(7-5-10)9-13(16)15-8-2-3-12(15)14/h10-12H,2-9H2,1H3. The molecule has 0 N–H and O–H groups in total. The normalized spacial score (nSPS) is 35.4. The molecule has 1 aliphatic heterocycles. The van der Waals surface area contributed by atoms with E-state index in [1.165, 1.54) is 38.5 Å². The number of hydrogen-bond acceptors (Lipinski definition) is 1. The van der Waals surface area contributed by atoms with Crippen molar-refractivity contribution in [1.29, 1.82) is 0 Å². The molecule has 0 aromatic heterocycles. The van der Waals surface area contributed by atoms with Gasteiger partial charge in [-0.25, -0.2) is 0 Å². The van der Waals surface area contributed by atoms with Gasteiger partial charge in [0.25, 0.3) is 0 Å². The van der Waals surface area contributed by atoms with E-state index in [0.29, 0.717) is 15.9 Å². The molecule has 1 saturated heterocycles. The van der Waals surface area contributed by atoms with Crippen molar-refractivity contribution in [3.8, 4) is 0 Å². The van der Waals surface area contributed by atoms with E-state index in [4.69, 9.17) is 0 Å². The van der Waals surface area contributed by atoms with Gasteiger partial charge in [-0.2, -0.15) is 0 Å². The number of halogens is 1. The number of hydrogen-bond donors (Lipinski definition) is 0. The van der Waals surface area contributed by atoms with Crippen molar-refractivity contribution in [1.82, 2.24) is 4.90 Å². The van der Waals surface area contributed by atoms with Crippen LogP contribution in [0.2, 0.25) is 0 Å². The maximum absolute atomic E-state index is 12.1. The number of rotatable bonds is 2. The lowest BCUT2D eigenvalue weighted by Gasteiger charge is -2.28. The molecule has 1 aliphatic carbocycles. The maximum Gasteiger partial charge on any atom is 0.223 e. The van der Waals surface area contributed by atoms with Crippen LogP contribution in [0.1, 0.15) is 51.9 Å². The Balaban J connectivity index is 1.78. The van der Waals surface area contributed by atoms with E-state index in [2.05, 4.69) is 34.4 Å². The molecule has 2 fully saturated rings. The molecule has 2 rings (SSSR count). The van der Waals surface area contributed by atoms with Crippen LogP contribution in [-0.4, -0.2) is 21.4 Å². The Morgan fingerprint density at radius 2 is 1.94 bits per heavy atom. The molecule has 0 aromatic carbocycles. The molecule has 0 aromatic rings. The summed E-state index contributed by atoms with van der Waals surface area (Å²) in [5.41, 5.74) is 0. The number of carbonyl (C=O) groups excluding carboxylic acids is 1. The fourth-order valence-corrected chi connectivity index (χ4v) is 3.93. The monoisotopic (exact) mass is 335 g/mol. The third-order valence-corrected chi connectivity index (χ3v) is 5.39. The molecule has 0 radical (unpaired) electrons. The second-order valence-corrected chi connectivity index (χ2v) is 6.93. The topological polar surface area (TPSA) is 20.3 Å². The predicted molar refractivity (Wildman–Crippen MR) is 74.5 cm³/mol. The summed E-state index contributed by atoms with van der Waals surface area (Å²) in [5.74, 6) is 1.97. The van der Waals surface area contributed by atoms with Gasteiger partial charge in [-0.05, 0) is 37.5 Å². The zero-order chi connectivity index (χ0) is 11.5. The van der Waals surface area contributed by atoms with E-state index in [1.807, 2.05) is 0 Å². The van der Waals surface area contributed by atoms with Gasteiger partial charge < -0.3 is 4.90 Å². The second kappa shape index (κ2) is 5.69. The number of alkyl halides is 1. The van der Waals surface area contributed by atoms with Crippen molar-refractivity contribution in [3.63, 3.8) is 0 Å². The van der Waals surface area contributed by atoms with Gasteiger partial charge in [-0.1, -0.05) is 42.4 Å². The van der Waals surface area contributed by atoms with Crippen molar-refractivity contribution in [2.75, 3.05) is 6.54 Å². The van der Waals surface area contributed by atoms with Gasteiger partial charge in [0, 0.05) is 13.0 Å². The molecule has 2 aliphatic rings. The Morgan fingerprint density at radius 1 is 1.25 bits per heavy atom. The third kappa shape index (κ3) is 3.11. The molecule has 3 heteroatoms. The zero-order valence-corrected chi connectivity index (χ0v) is 12.3. The largest absolute Gasteiger partial charge is 0.331 e. The third-order valence-electron chi connectivity index (χ3n) is 4.10. The lowest BCUT2D eigenvalue weighted by Crippen LogP contribution is -2.33. The van der Waals surface area contributed by atoms with Crippen LogP contribution in [0.5, 0.6) is 0 Å². The van der Waals surface area contributed by atoms with Crippen LogP contribution in [0, 0.1) is 11.8 Å². The Kier molecular flexibility index (Phi) is 4.50. The zero-order valence-electron chi connectivity index (χ0n) is 10.1. The quantitative estimate of drug-likeness (QED) is 0.429. The minimum absolute atomic E-state index is 0.413. The summed E-state index contributed by atoms with van der Waals surface area (Å²) in [6, 6.07) is 0. The van der Waals surface area contributed by atoms with Crippen molar-refractivity contribution in [2.24, 2.45) is 11.8 Å². The van der Waals surface area contributed by atoms with Gasteiger partial charge in [0.05, 0.1) is 4.05 Å². The summed E-state index contributed by atoms with van der Waals surface area (Å²) in [6.45, 7) is 3.33. The SMILES string of the molecule is CC1CCC(CC(=O)N2CCCC2I)CC1. The molecular formula is C13H22INO. The lowest BCUT2D eigenvalue weighted by molar-refractivity contribution is -0.131. The Bertz CT molecular complexity index is 248. The summed E-state index contributed by atoms with van der Waals surface area (Å²) >= 11 is 2.41. The molecule has 1 atom stereocenters. The number of likely N-dealkylation sites (tertiary alicyclic amines) is 1. The second-order valence-electron chi connectivity index (χ2n) is 5.49. The van der Waals surface area contributed by atoms with Crippen molar-refractivity contribution in [2.45, 2.75) is 55.9 Å². The van der Waals surface area contributed by atoms with E-state index in [1.54, 1.807) is 0 Å². The highest BCUT2D eigenvalue weighted by Crippen LogP contribution is 2.32. The van der Waals surface area contributed by atoms with E-state index in [9.17, 15) is 4.79 Å². The molecule has 92 valence electrons. The van der Waals surface area contributed by atoms with Crippen LogP contribution < -0.4 is 0 Å². The highest BCUT2D eigenvalue weighted by atomic mass is 127. The van der Waals surface area contributed by atoms with Crippen molar-refractivity contribution >= 4 is 28.5 Å². The van der Waals surface area contributed by atoms with Gasteiger partial charge in [0.15, 0.2) is 0 Å². The molecule has 2 nitrogen and oxygen atoms in total. The minimum atomic E-state index is 0.413.